The molecular formula is C21H28N2O3. The molecule has 1 aliphatic rings. The van der Waals surface area contributed by atoms with Gasteiger partial charge in [-0.15, -0.1) is 0 Å². The zero-order valence-corrected chi connectivity index (χ0v) is 16.1. The molecule has 1 atom stereocenters. The van der Waals surface area contributed by atoms with Gasteiger partial charge in [0.25, 0.3) is 0 Å². The van der Waals surface area contributed by atoms with Crippen molar-refractivity contribution in [1.29, 1.82) is 5.26 Å². The van der Waals surface area contributed by atoms with Crippen LogP contribution in [0.4, 0.5) is 0 Å². The summed E-state index contributed by atoms with van der Waals surface area (Å²) < 4.78 is 16.1. The molecule has 2 rings (SSSR count). The smallest absolute Gasteiger partial charge is 0.160 e. The van der Waals surface area contributed by atoms with Crippen molar-refractivity contribution in [2.75, 3.05) is 27.4 Å². The second kappa shape index (κ2) is 9.88. The highest BCUT2D eigenvalue weighted by Gasteiger charge is 2.17. The third-order valence-corrected chi connectivity index (χ3v) is 4.54. The van der Waals surface area contributed by atoms with E-state index in [9.17, 15) is 5.26 Å². The number of allylic oxidation sites excluding steroid dienone is 3. The van der Waals surface area contributed by atoms with Gasteiger partial charge in [-0.2, -0.15) is 5.26 Å². The van der Waals surface area contributed by atoms with Crippen LogP contribution in [0.5, 0.6) is 11.5 Å². The molecule has 1 aromatic carbocycles. The van der Waals surface area contributed by atoms with Crippen LogP contribution in [0.25, 0.3) is 0 Å². The quantitative estimate of drug-likeness (QED) is 0.568. The van der Waals surface area contributed by atoms with Gasteiger partial charge in [-0.25, -0.2) is 0 Å². The summed E-state index contributed by atoms with van der Waals surface area (Å²) in [5, 5.41) is 12.8. The summed E-state index contributed by atoms with van der Waals surface area (Å²) in [6.07, 6.45) is 4.77. The minimum absolute atomic E-state index is 0.267. The Bertz CT molecular complexity index is 710. The first kappa shape index (κ1) is 19.9. The zero-order valence-electron chi connectivity index (χ0n) is 16.1. The SMILES string of the molecule is CC/C(=C\C(NC1CCOC1)=C(/C)C#N)Cc1ccc(OC)c(OC)c1. The van der Waals surface area contributed by atoms with Crippen molar-refractivity contribution >= 4 is 0 Å². The van der Waals surface area contributed by atoms with E-state index in [1.54, 1.807) is 14.2 Å². The Morgan fingerprint density at radius 1 is 1.35 bits per heavy atom. The lowest BCUT2D eigenvalue weighted by Crippen LogP contribution is -2.28. The number of hydrogen-bond acceptors (Lipinski definition) is 5. The van der Waals surface area contributed by atoms with Crippen LogP contribution < -0.4 is 14.8 Å². The van der Waals surface area contributed by atoms with Gasteiger partial charge >= 0.3 is 0 Å². The fraction of sp³-hybridized carbons (Fsp3) is 0.476. The van der Waals surface area contributed by atoms with Gasteiger partial charge in [-0.1, -0.05) is 18.6 Å². The summed E-state index contributed by atoms with van der Waals surface area (Å²) >= 11 is 0. The van der Waals surface area contributed by atoms with Gasteiger partial charge < -0.3 is 19.5 Å². The van der Waals surface area contributed by atoms with E-state index in [-0.39, 0.29) is 6.04 Å². The van der Waals surface area contributed by atoms with Gasteiger partial charge in [0.1, 0.15) is 0 Å². The van der Waals surface area contributed by atoms with Gasteiger partial charge in [-0.3, -0.25) is 0 Å². The maximum atomic E-state index is 9.34. The Labute approximate surface area is 156 Å². The summed E-state index contributed by atoms with van der Waals surface area (Å²) in [6, 6.07) is 8.50. The first-order valence-corrected chi connectivity index (χ1v) is 8.96. The second-order valence-corrected chi connectivity index (χ2v) is 6.38. The molecule has 5 nitrogen and oxygen atoms in total. The Morgan fingerprint density at radius 3 is 2.69 bits per heavy atom. The number of nitriles is 1. The number of methoxy groups -OCH3 is 2. The number of benzene rings is 1. The van der Waals surface area contributed by atoms with E-state index >= 15 is 0 Å². The molecule has 1 saturated heterocycles. The topological polar surface area (TPSA) is 63.5 Å². The summed E-state index contributed by atoms with van der Waals surface area (Å²) in [5.41, 5.74) is 3.97. The van der Waals surface area contributed by atoms with Crippen LogP contribution in [0.15, 0.2) is 41.1 Å². The molecule has 26 heavy (non-hydrogen) atoms. The van der Waals surface area contributed by atoms with Crippen LogP contribution in [0.2, 0.25) is 0 Å². The molecule has 5 heteroatoms. The lowest BCUT2D eigenvalue weighted by molar-refractivity contribution is 0.191. The minimum atomic E-state index is 0.267. The largest absolute Gasteiger partial charge is 0.493 e. The van der Waals surface area contributed by atoms with E-state index in [1.165, 1.54) is 5.57 Å². The predicted octanol–water partition coefficient (Wildman–Crippen LogP) is 3.76. The molecule has 0 amide bonds. The molecule has 0 bridgehead atoms. The molecule has 1 unspecified atom stereocenters. The molecule has 0 spiro atoms. The average Bonchev–Trinajstić information content (AvgIpc) is 3.19. The van der Waals surface area contributed by atoms with Crippen LogP contribution in [-0.2, 0) is 11.2 Å². The van der Waals surface area contributed by atoms with Gasteiger partial charge in [0.15, 0.2) is 11.5 Å². The molecule has 0 saturated carbocycles. The number of nitrogens with one attached hydrogen (secondary N) is 1. The third kappa shape index (κ3) is 5.27. The molecule has 140 valence electrons. The van der Waals surface area contributed by atoms with Crippen LogP contribution >= 0.6 is 0 Å². The molecule has 1 N–H and O–H groups in total. The first-order chi connectivity index (χ1) is 12.6. The highest BCUT2D eigenvalue weighted by Crippen LogP contribution is 2.29. The fourth-order valence-electron chi connectivity index (χ4n) is 2.92. The van der Waals surface area contributed by atoms with E-state index in [4.69, 9.17) is 14.2 Å². The third-order valence-electron chi connectivity index (χ3n) is 4.54. The Balaban J connectivity index is 2.22. The van der Waals surface area contributed by atoms with Crippen molar-refractivity contribution in [3.8, 4) is 17.6 Å². The van der Waals surface area contributed by atoms with E-state index in [0.29, 0.717) is 12.2 Å². The summed E-state index contributed by atoms with van der Waals surface area (Å²) in [4.78, 5) is 0. The molecular weight excluding hydrogens is 328 g/mol. The molecule has 1 aliphatic heterocycles. The van der Waals surface area contributed by atoms with E-state index < -0.39 is 0 Å². The lowest BCUT2D eigenvalue weighted by Gasteiger charge is -2.16. The van der Waals surface area contributed by atoms with Crippen LogP contribution in [0.1, 0.15) is 32.3 Å². The molecule has 0 radical (unpaired) electrons. The van der Waals surface area contributed by atoms with Gasteiger partial charge in [-0.05, 0) is 50.0 Å². The number of ether oxygens (including phenoxy) is 3. The van der Waals surface area contributed by atoms with Crippen molar-refractivity contribution < 1.29 is 14.2 Å². The fourth-order valence-corrected chi connectivity index (χ4v) is 2.92. The van der Waals surface area contributed by atoms with E-state index in [2.05, 4.69) is 24.4 Å². The lowest BCUT2D eigenvalue weighted by atomic mass is 10.0. The Hall–Kier alpha value is -2.45. The van der Waals surface area contributed by atoms with Gasteiger partial charge in [0, 0.05) is 17.9 Å². The standard InChI is InChI=1S/C21H28N2O3/c1-5-16(10-17-6-7-20(24-3)21(12-17)25-4)11-19(15(2)13-22)23-18-8-9-26-14-18/h6-7,11-12,18,23H,5,8-10,14H2,1-4H3/b16-11+,19-15-. The van der Waals surface area contributed by atoms with Crippen molar-refractivity contribution in [1.82, 2.24) is 5.32 Å². The average molecular weight is 356 g/mol. The first-order valence-electron chi connectivity index (χ1n) is 8.96. The van der Waals surface area contributed by atoms with Crippen molar-refractivity contribution in [2.45, 2.75) is 39.2 Å². The van der Waals surface area contributed by atoms with Gasteiger partial charge in [0.2, 0.25) is 0 Å². The highest BCUT2D eigenvalue weighted by atomic mass is 16.5. The Morgan fingerprint density at radius 2 is 2.12 bits per heavy atom. The predicted molar refractivity (Wildman–Crippen MR) is 102 cm³/mol. The van der Waals surface area contributed by atoms with Crippen molar-refractivity contribution in [2.24, 2.45) is 0 Å². The summed E-state index contributed by atoms with van der Waals surface area (Å²) in [5.74, 6) is 1.45. The zero-order chi connectivity index (χ0) is 18.9. The van der Waals surface area contributed by atoms with E-state index in [0.717, 1.165) is 48.6 Å². The number of rotatable bonds is 8. The highest BCUT2D eigenvalue weighted by molar-refractivity contribution is 5.44. The molecule has 0 aliphatic carbocycles. The van der Waals surface area contributed by atoms with Crippen molar-refractivity contribution in [3.63, 3.8) is 0 Å². The Kier molecular flexibility index (Phi) is 7.55. The van der Waals surface area contributed by atoms with Crippen LogP contribution in [0, 0.1) is 11.3 Å². The molecule has 1 fully saturated rings. The second-order valence-electron chi connectivity index (χ2n) is 6.38. The molecule has 1 aromatic rings. The van der Waals surface area contributed by atoms with Gasteiger partial charge in [0.05, 0.1) is 32.9 Å². The maximum Gasteiger partial charge on any atom is 0.160 e. The van der Waals surface area contributed by atoms with E-state index in [1.807, 2.05) is 25.1 Å². The molecule has 0 aromatic heterocycles. The van der Waals surface area contributed by atoms with Crippen molar-refractivity contribution in [3.05, 3.63) is 46.7 Å². The molecule has 1 heterocycles. The van der Waals surface area contributed by atoms with Crippen LogP contribution in [-0.4, -0.2) is 33.5 Å². The summed E-state index contributed by atoms with van der Waals surface area (Å²) in [6.45, 7) is 5.43. The summed E-state index contributed by atoms with van der Waals surface area (Å²) in [7, 11) is 3.28. The number of hydrogen-bond donors (Lipinski definition) is 1. The maximum absolute atomic E-state index is 9.34. The monoisotopic (exact) mass is 356 g/mol. The minimum Gasteiger partial charge on any atom is -0.493 e. The number of nitrogens with zero attached hydrogens (tertiary/aromatic N) is 1. The normalized spacial score (nSPS) is 18.1. The van der Waals surface area contributed by atoms with Crippen LogP contribution in [0.3, 0.4) is 0 Å².